The third kappa shape index (κ3) is 2.38. The smallest absolute Gasteiger partial charge is 0.131 e. The van der Waals surface area contributed by atoms with Crippen LogP contribution in [0.25, 0.3) is 0 Å². The van der Waals surface area contributed by atoms with Gasteiger partial charge in [-0.15, -0.1) is 0 Å². The molecule has 1 fully saturated rings. The SMILES string of the molecule is Clc1cc(C2CCCNC2)cc(Cl)n1. The molecule has 1 aliphatic heterocycles. The lowest BCUT2D eigenvalue weighted by Gasteiger charge is -2.23. The zero-order chi connectivity index (χ0) is 9.97. The molecule has 76 valence electrons. The van der Waals surface area contributed by atoms with Crippen LogP contribution in [0.4, 0.5) is 0 Å². The molecular formula is C10H12Cl2N2. The summed E-state index contributed by atoms with van der Waals surface area (Å²) in [6, 6.07) is 3.82. The summed E-state index contributed by atoms with van der Waals surface area (Å²) < 4.78 is 0. The lowest BCUT2D eigenvalue weighted by atomic mass is 9.92. The van der Waals surface area contributed by atoms with Crippen LogP contribution in [0.5, 0.6) is 0 Å². The fraction of sp³-hybridized carbons (Fsp3) is 0.500. The molecule has 14 heavy (non-hydrogen) atoms. The number of nitrogens with one attached hydrogen (secondary N) is 1. The lowest BCUT2D eigenvalue weighted by Crippen LogP contribution is -2.28. The Hall–Kier alpha value is -0.310. The van der Waals surface area contributed by atoms with Crippen LogP contribution >= 0.6 is 23.2 Å². The molecule has 0 aromatic carbocycles. The van der Waals surface area contributed by atoms with Crippen LogP contribution in [-0.4, -0.2) is 18.1 Å². The number of hydrogen-bond donors (Lipinski definition) is 1. The molecule has 0 aliphatic carbocycles. The first-order valence-corrected chi connectivity index (χ1v) is 5.55. The van der Waals surface area contributed by atoms with Crippen molar-refractivity contribution in [3.05, 3.63) is 28.0 Å². The van der Waals surface area contributed by atoms with Crippen LogP contribution < -0.4 is 5.32 Å². The van der Waals surface area contributed by atoms with Gasteiger partial charge in [-0.05, 0) is 43.0 Å². The van der Waals surface area contributed by atoms with Gasteiger partial charge in [0.2, 0.25) is 0 Å². The quantitative estimate of drug-likeness (QED) is 0.751. The highest BCUT2D eigenvalue weighted by Gasteiger charge is 2.16. The Morgan fingerprint density at radius 2 is 2.00 bits per heavy atom. The first kappa shape index (κ1) is 10.2. The van der Waals surface area contributed by atoms with Crippen molar-refractivity contribution in [2.45, 2.75) is 18.8 Å². The minimum atomic E-state index is 0.484. The van der Waals surface area contributed by atoms with Crippen molar-refractivity contribution in [1.29, 1.82) is 0 Å². The highest BCUT2D eigenvalue weighted by atomic mass is 35.5. The monoisotopic (exact) mass is 230 g/mol. The minimum Gasteiger partial charge on any atom is -0.316 e. The molecule has 2 nitrogen and oxygen atoms in total. The first-order valence-electron chi connectivity index (χ1n) is 4.79. The maximum absolute atomic E-state index is 5.85. The number of piperidine rings is 1. The van der Waals surface area contributed by atoms with Crippen molar-refractivity contribution in [1.82, 2.24) is 10.3 Å². The van der Waals surface area contributed by atoms with Crippen molar-refractivity contribution in [2.75, 3.05) is 13.1 Å². The summed E-state index contributed by atoms with van der Waals surface area (Å²) in [6.07, 6.45) is 2.41. The second-order valence-corrected chi connectivity index (χ2v) is 4.36. The third-order valence-electron chi connectivity index (χ3n) is 2.55. The predicted octanol–water partition coefficient (Wildman–Crippen LogP) is 2.86. The Morgan fingerprint density at radius 3 is 2.57 bits per heavy atom. The molecule has 1 N–H and O–H groups in total. The van der Waals surface area contributed by atoms with Crippen LogP contribution in [0.2, 0.25) is 10.3 Å². The molecule has 1 aromatic rings. The van der Waals surface area contributed by atoms with Gasteiger partial charge in [0.25, 0.3) is 0 Å². The molecule has 0 saturated carbocycles. The lowest BCUT2D eigenvalue weighted by molar-refractivity contribution is 0.461. The first-order chi connectivity index (χ1) is 6.75. The van der Waals surface area contributed by atoms with Crippen LogP contribution in [-0.2, 0) is 0 Å². The van der Waals surface area contributed by atoms with Gasteiger partial charge in [0.1, 0.15) is 10.3 Å². The molecule has 1 unspecified atom stereocenters. The number of aromatic nitrogens is 1. The van der Waals surface area contributed by atoms with Crippen molar-refractivity contribution < 1.29 is 0 Å². The van der Waals surface area contributed by atoms with Crippen LogP contribution in [0.3, 0.4) is 0 Å². The van der Waals surface area contributed by atoms with Crippen molar-refractivity contribution >= 4 is 23.2 Å². The Balaban J connectivity index is 2.21. The van der Waals surface area contributed by atoms with Crippen molar-refractivity contribution in [3.8, 4) is 0 Å². The molecule has 1 saturated heterocycles. The number of hydrogen-bond acceptors (Lipinski definition) is 2. The summed E-state index contributed by atoms with van der Waals surface area (Å²) in [7, 11) is 0. The van der Waals surface area contributed by atoms with E-state index >= 15 is 0 Å². The third-order valence-corrected chi connectivity index (χ3v) is 2.94. The number of halogens is 2. The Kier molecular flexibility index (Phi) is 3.26. The Labute approximate surface area is 93.6 Å². The van der Waals surface area contributed by atoms with Crippen LogP contribution in [0, 0.1) is 0 Å². The predicted molar refractivity (Wildman–Crippen MR) is 59.1 cm³/mol. The second kappa shape index (κ2) is 4.47. The average Bonchev–Trinajstić information content (AvgIpc) is 2.18. The van der Waals surface area contributed by atoms with Gasteiger partial charge in [-0.1, -0.05) is 23.2 Å². The molecule has 0 bridgehead atoms. The molecule has 1 aromatic heterocycles. The molecule has 0 radical (unpaired) electrons. The summed E-state index contributed by atoms with van der Waals surface area (Å²) in [6.45, 7) is 2.12. The number of nitrogens with zero attached hydrogens (tertiary/aromatic N) is 1. The maximum Gasteiger partial charge on any atom is 0.131 e. The van der Waals surface area contributed by atoms with Gasteiger partial charge in [0, 0.05) is 6.54 Å². The van der Waals surface area contributed by atoms with Gasteiger partial charge in [-0.3, -0.25) is 0 Å². The molecule has 0 spiro atoms. The minimum absolute atomic E-state index is 0.484. The summed E-state index contributed by atoms with van der Waals surface area (Å²) >= 11 is 11.7. The fourth-order valence-corrected chi connectivity index (χ4v) is 2.33. The topological polar surface area (TPSA) is 24.9 Å². The van der Waals surface area contributed by atoms with E-state index in [4.69, 9.17) is 23.2 Å². The summed E-state index contributed by atoms with van der Waals surface area (Å²) in [4.78, 5) is 3.94. The van der Waals surface area contributed by atoms with Gasteiger partial charge in [0.05, 0.1) is 0 Å². The van der Waals surface area contributed by atoms with Gasteiger partial charge >= 0.3 is 0 Å². The molecule has 2 heterocycles. The Morgan fingerprint density at radius 1 is 1.29 bits per heavy atom. The van der Waals surface area contributed by atoms with Gasteiger partial charge in [-0.25, -0.2) is 4.98 Å². The maximum atomic E-state index is 5.85. The molecule has 2 rings (SSSR count). The van der Waals surface area contributed by atoms with Crippen molar-refractivity contribution in [3.63, 3.8) is 0 Å². The van der Waals surface area contributed by atoms with E-state index in [9.17, 15) is 0 Å². The highest BCUT2D eigenvalue weighted by molar-refractivity contribution is 6.32. The fourth-order valence-electron chi connectivity index (χ4n) is 1.86. The number of rotatable bonds is 1. The molecule has 1 aliphatic rings. The zero-order valence-electron chi connectivity index (χ0n) is 7.76. The Bertz CT molecular complexity index is 302. The van der Waals surface area contributed by atoms with E-state index in [0.717, 1.165) is 13.1 Å². The van der Waals surface area contributed by atoms with Crippen LogP contribution in [0.1, 0.15) is 24.3 Å². The number of pyridine rings is 1. The highest BCUT2D eigenvalue weighted by Crippen LogP contribution is 2.26. The standard InChI is InChI=1S/C10H12Cl2N2/c11-9-4-8(5-10(12)14-9)7-2-1-3-13-6-7/h4-5,7,13H,1-3,6H2. The van der Waals surface area contributed by atoms with Crippen LogP contribution in [0.15, 0.2) is 12.1 Å². The van der Waals surface area contributed by atoms with Crippen molar-refractivity contribution in [2.24, 2.45) is 0 Å². The van der Waals surface area contributed by atoms with Gasteiger partial charge in [-0.2, -0.15) is 0 Å². The largest absolute Gasteiger partial charge is 0.316 e. The average molecular weight is 231 g/mol. The summed E-state index contributed by atoms with van der Waals surface area (Å²) in [5, 5.41) is 4.33. The molecule has 4 heteroatoms. The van der Waals surface area contributed by atoms with E-state index in [-0.39, 0.29) is 0 Å². The molecule has 1 atom stereocenters. The zero-order valence-corrected chi connectivity index (χ0v) is 9.28. The van der Waals surface area contributed by atoms with E-state index in [1.807, 2.05) is 12.1 Å². The van der Waals surface area contributed by atoms with E-state index in [0.29, 0.717) is 16.2 Å². The van der Waals surface area contributed by atoms with Gasteiger partial charge < -0.3 is 5.32 Å². The summed E-state index contributed by atoms with van der Waals surface area (Å²) in [5.74, 6) is 0.529. The molecular weight excluding hydrogens is 219 g/mol. The second-order valence-electron chi connectivity index (χ2n) is 3.59. The van der Waals surface area contributed by atoms with E-state index in [1.54, 1.807) is 0 Å². The molecule has 0 amide bonds. The summed E-state index contributed by atoms with van der Waals surface area (Å²) in [5.41, 5.74) is 1.20. The van der Waals surface area contributed by atoms with E-state index < -0.39 is 0 Å². The van der Waals surface area contributed by atoms with Gasteiger partial charge in [0.15, 0.2) is 0 Å². The normalized spacial score (nSPS) is 22.3. The van der Waals surface area contributed by atoms with E-state index in [1.165, 1.54) is 18.4 Å². The van der Waals surface area contributed by atoms with E-state index in [2.05, 4.69) is 10.3 Å².